The first-order valence-electron chi connectivity index (χ1n) is 6.10. The SMILES string of the molecule is Cc1ccc(C(O)COc2c(F)c(F)cc(F)c2F)cc1. The molecule has 21 heavy (non-hydrogen) atoms. The van der Waals surface area contributed by atoms with E-state index in [0.717, 1.165) is 5.56 Å². The molecule has 0 radical (unpaired) electrons. The van der Waals surface area contributed by atoms with Gasteiger partial charge in [0.15, 0.2) is 17.4 Å². The van der Waals surface area contributed by atoms with Gasteiger partial charge in [-0.15, -0.1) is 0 Å². The third kappa shape index (κ3) is 3.33. The van der Waals surface area contributed by atoms with Gasteiger partial charge in [-0.1, -0.05) is 29.8 Å². The van der Waals surface area contributed by atoms with Crippen LogP contribution < -0.4 is 4.74 Å². The monoisotopic (exact) mass is 300 g/mol. The second kappa shape index (κ2) is 6.13. The van der Waals surface area contributed by atoms with Crippen molar-refractivity contribution in [3.8, 4) is 5.75 Å². The van der Waals surface area contributed by atoms with Crippen LogP contribution in [-0.4, -0.2) is 11.7 Å². The summed E-state index contributed by atoms with van der Waals surface area (Å²) in [6.45, 7) is 1.31. The number of benzene rings is 2. The zero-order valence-corrected chi connectivity index (χ0v) is 11.0. The van der Waals surface area contributed by atoms with E-state index in [4.69, 9.17) is 4.74 Å². The summed E-state index contributed by atoms with van der Waals surface area (Å²) < 4.78 is 57.4. The molecule has 0 aliphatic rings. The van der Waals surface area contributed by atoms with Crippen molar-refractivity contribution in [2.75, 3.05) is 6.61 Å². The average Bonchev–Trinajstić information content (AvgIpc) is 2.45. The number of aliphatic hydroxyl groups is 1. The number of hydrogen-bond acceptors (Lipinski definition) is 2. The first-order valence-corrected chi connectivity index (χ1v) is 6.10. The Morgan fingerprint density at radius 3 is 2.05 bits per heavy atom. The Labute approximate surface area is 118 Å². The first-order chi connectivity index (χ1) is 9.90. The Bertz CT molecular complexity index is 615. The van der Waals surface area contributed by atoms with Crippen LogP contribution in [0.15, 0.2) is 30.3 Å². The van der Waals surface area contributed by atoms with Crippen LogP contribution in [0.3, 0.4) is 0 Å². The first kappa shape index (κ1) is 15.3. The molecule has 0 heterocycles. The molecule has 0 aliphatic carbocycles. The Morgan fingerprint density at radius 2 is 1.52 bits per heavy atom. The van der Waals surface area contributed by atoms with Crippen molar-refractivity contribution in [2.24, 2.45) is 0 Å². The highest BCUT2D eigenvalue weighted by atomic mass is 19.2. The highest BCUT2D eigenvalue weighted by Gasteiger charge is 2.21. The lowest BCUT2D eigenvalue weighted by Gasteiger charge is -2.14. The third-order valence-electron chi connectivity index (χ3n) is 2.92. The predicted octanol–water partition coefficient (Wildman–Crippen LogP) is 3.66. The fourth-order valence-corrected chi connectivity index (χ4v) is 1.73. The molecule has 0 amide bonds. The van der Waals surface area contributed by atoms with Gasteiger partial charge in [0.05, 0.1) is 0 Å². The second-order valence-corrected chi connectivity index (χ2v) is 4.53. The van der Waals surface area contributed by atoms with E-state index in [2.05, 4.69) is 0 Å². The summed E-state index contributed by atoms with van der Waals surface area (Å²) in [6, 6.07) is 6.79. The molecule has 2 aromatic carbocycles. The van der Waals surface area contributed by atoms with Crippen molar-refractivity contribution in [1.29, 1.82) is 0 Å². The van der Waals surface area contributed by atoms with Crippen molar-refractivity contribution >= 4 is 0 Å². The summed E-state index contributed by atoms with van der Waals surface area (Å²) in [5, 5.41) is 9.84. The lowest BCUT2D eigenvalue weighted by molar-refractivity contribution is 0.102. The van der Waals surface area contributed by atoms with Gasteiger partial charge in [0.25, 0.3) is 0 Å². The van der Waals surface area contributed by atoms with Crippen LogP contribution in [0.4, 0.5) is 17.6 Å². The molecule has 0 saturated heterocycles. The van der Waals surface area contributed by atoms with E-state index in [-0.39, 0.29) is 6.07 Å². The quantitative estimate of drug-likeness (QED) is 0.689. The molecule has 0 fully saturated rings. The zero-order chi connectivity index (χ0) is 15.6. The number of halogens is 4. The van der Waals surface area contributed by atoms with E-state index in [0.29, 0.717) is 5.56 Å². The van der Waals surface area contributed by atoms with Crippen LogP contribution >= 0.6 is 0 Å². The molecule has 2 nitrogen and oxygen atoms in total. The fraction of sp³-hybridized carbons (Fsp3) is 0.200. The normalized spacial score (nSPS) is 12.3. The molecular formula is C15H12F4O2. The highest BCUT2D eigenvalue weighted by Crippen LogP contribution is 2.27. The Morgan fingerprint density at radius 1 is 1.00 bits per heavy atom. The van der Waals surface area contributed by atoms with Gasteiger partial charge < -0.3 is 9.84 Å². The average molecular weight is 300 g/mol. The van der Waals surface area contributed by atoms with E-state index in [1.54, 1.807) is 24.3 Å². The fourth-order valence-electron chi connectivity index (χ4n) is 1.73. The van der Waals surface area contributed by atoms with Gasteiger partial charge in [0, 0.05) is 6.07 Å². The summed E-state index contributed by atoms with van der Waals surface area (Å²) in [7, 11) is 0. The van der Waals surface area contributed by atoms with Crippen molar-refractivity contribution in [1.82, 2.24) is 0 Å². The smallest absolute Gasteiger partial charge is 0.203 e. The summed E-state index contributed by atoms with van der Waals surface area (Å²) in [5.41, 5.74) is 1.43. The topological polar surface area (TPSA) is 29.5 Å². The van der Waals surface area contributed by atoms with Gasteiger partial charge >= 0.3 is 0 Å². The Balaban J connectivity index is 2.15. The van der Waals surface area contributed by atoms with Crippen LogP contribution in [0.25, 0.3) is 0 Å². The van der Waals surface area contributed by atoms with Gasteiger partial charge in [-0.25, -0.2) is 8.78 Å². The van der Waals surface area contributed by atoms with Crippen molar-refractivity contribution in [3.05, 3.63) is 64.7 Å². The maximum absolute atomic E-state index is 13.4. The van der Waals surface area contributed by atoms with Crippen molar-refractivity contribution in [3.63, 3.8) is 0 Å². The molecular weight excluding hydrogens is 288 g/mol. The number of aliphatic hydroxyl groups excluding tert-OH is 1. The lowest BCUT2D eigenvalue weighted by Crippen LogP contribution is -2.12. The van der Waals surface area contributed by atoms with E-state index in [9.17, 15) is 22.7 Å². The number of ether oxygens (including phenoxy) is 1. The molecule has 2 rings (SSSR count). The van der Waals surface area contributed by atoms with Crippen LogP contribution in [0, 0.1) is 30.2 Å². The molecule has 0 aromatic heterocycles. The largest absolute Gasteiger partial charge is 0.484 e. The van der Waals surface area contributed by atoms with Gasteiger partial charge in [-0.3, -0.25) is 0 Å². The van der Waals surface area contributed by atoms with Crippen LogP contribution in [0.5, 0.6) is 5.75 Å². The zero-order valence-electron chi connectivity index (χ0n) is 11.0. The van der Waals surface area contributed by atoms with E-state index in [1.807, 2.05) is 6.92 Å². The maximum atomic E-state index is 13.4. The minimum Gasteiger partial charge on any atom is -0.484 e. The van der Waals surface area contributed by atoms with E-state index in [1.165, 1.54) is 0 Å². The molecule has 2 aromatic rings. The molecule has 0 saturated carbocycles. The molecule has 1 N–H and O–H groups in total. The third-order valence-corrected chi connectivity index (χ3v) is 2.92. The van der Waals surface area contributed by atoms with Crippen LogP contribution in [0.2, 0.25) is 0 Å². The summed E-state index contributed by atoms with van der Waals surface area (Å²) in [6.07, 6.45) is -1.18. The molecule has 1 unspecified atom stereocenters. The van der Waals surface area contributed by atoms with Gasteiger partial charge in [0.1, 0.15) is 12.7 Å². The van der Waals surface area contributed by atoms with Gasteiger partial charge in [-0.2, -0.15) is 8.78 Å². The molecule has 0 aliphatic heterocycles. The van der Waals surface area contributed by atoms with Gasteiger partial charge in [0.2, 0.25) is 11.6 Å². The Kier molecular flexibility index (Phi) is 4.47. The molecule has 0 spiro atoms. The Hall–Kier alpha value is -2.08. The van der Waals surface area contributed by atoms with Gasteiger partial charge in [-0.05, 0) is 12.5 Å². The number of rotatable bonds is 4. The lowest BCUT2D eigenvalue weighted by atomic mass is 10.1. The standard InChI is InChI=1S/C15H12F4O2/c1-8-2-4-9(5-3-8)12(20)7-21-15-13(18)10(16)6-11(17)14(15)19/h2-6,12,20H,7H2,1H3. The number of hydrogen-bond donors (Lipinski definition) is 1. The minimum atomic E-state index is -1.63. The van der Waals surface area contributed by atoms with E-state index >= 15 is 0 Å². The number of aryl methyl sites for hydroxylation is 1. The second-order valence-electron chi connectivity index (χ2n) is 4.53. The van der Waals surface area contributed by atoms with Crippen molar-refractivity contribution < 1.29 is 27.4 Å². The summed E-state index contributed by atoms with van der Waals surface area (Å²) >= 11 is 0. The highest BCUT2D eigenvalue weighted by molar-refractivity contribution is 5.29. The van der Waals surface area contributed by atoms with E-state index < -0.39 is 41.7 Å². The summed E-state index contributed by atoms with van der Waals surface area (Å²) in [5.74, 6) is -7.57. The molecule has 1 atom stereocenters. The predicted molar refractivity (Wildman–Crippen MR) is 67.9 cm³/mol. The van der Waals surface area contributed by atoms with Crippen molar-refractivity contribution in [2.45, 2.75) is 13.0 Å². The molecule has 6 heteroatoms. The maximum Gasteiger partial charge on any atom is 0.203 e. The van der Waals surface area contributed by atoms with Crippen LogP contribution in [0.1, 0.15) is 17.2 Å². The summed E-state index contributed by atoms with van der Waals surface area (Å²) in [4.78, 5) is 0. The van der Waals surface area contributed by atoms with Crippen LogP contribution in [-0.2, 0) is 0 Å². The minimum absolute atomic E-state index is 0.0912. The molecule has 112 valence electrons. The molecule has 0 bridgehead atoms.